The van der Waals surface area contributed by atoms with Crippen LogP contribution in [-0.2, 0) is 13.0 Å². The number of nitrogens with zero attached hydrogens (tertiary/aromatic N) is 5. The molecule has 37 heavy (non-hydrogen) atoms. The number of likely N-dealkylation sites (tertiary alicyclic amines) is 1. The molecule has 1 aliphatic rings. The molecule has 8 nitrogen and oxygen atoms in total. The van der Waals surface area contributed by atoms with Gasteiger partial charge in [0.05, 0.1) is 0 Å². The highest BCUT2D eigenvalue weighted by Crippen LogP contribution is 2.24. The summed E-state index contributed by atoms with van der Waals surface area (Å²) in [7, 11) is 0. The number of alkyl halides is 3. The van der Waals surface area contributed by atoms with Crippen molar-refractivity contribution in [3.63, 3.8) is 0 Å². The molecule has 12 heteroatoms. The van der Waals surface area contributed by atoms with E-state index >= 15 is 0 Å². The van der Waals surface area contributed by atoms with Gasteiger partial charge in [-0.25, -0.2) is 13.9 Å². The van der Waals surface area contributed by atoms with Crippen molar-refractivity contribution in [1.29, 1.82) is 0 Å². The molecular formula is C25H29F4N7O. The highest BCUT2D eigenvalue weighted by molar-refractivity contribution is 5.89. The van der Waals surface area contributed by atoms with Crippen molar-refractivity contribution in [2.45, 2.75) is 38.4 Å². The summed E-state index contributed by atoms with van der Waals surface area (Å²) in [6.45, 7) is 2.03. The number of tetrazole rings is 1. The standard InChI is InChI=1S/C25H29F4N7O/c26-21-9-7-18(8-10-21)14-19-4-2-12-35(16-19)13-3-11-30-24(37)31-22-6-1-5-20(15-22)23-32-33-34-36(23)17-25(27,28)29/h1,5-10,15,19H,2-4,11-14,16-17H2,(H2,30,31,37). The van der Waals surface area contributed by atoms with Gasteiger partial charge in [-0.1, -0.05) is 24.3 Å². The fourth-order valence-electron chi connectivity index (χ4n) is 4.58. The van der Waals surface area contributed by atoms with Crippen LogP contribution in [0.3, 0.4) is 0 Å². The second kappa shape index (κ2) is 12.1. The second-order valence-corrected chi connectivity index (χ2v) is 9.23. The van der Waals surface area contributed by atoms with E-state index in [1.54, 1.807) is 18.2 Å². The lowest BCUT2D eigenvalue weighted by Gasteiger charge is -2.32. The number of anilines is 1. The predicted molar refractivity (Wildman–Crippen MR) is 130 cm³/mol. The van der Waals surface area contributed by atoms with Gasteiger partial charge in [-0.3, -0.25) is 0 Å². The number of carbonyl (C=O) groups is 1. The Labute approximate surface area is 212 Å². The molecule has 0 spiro atoms. The van der Waals surface area contributed by atoms with Crippen LogP contribution < -0.4 is 10.6 Å². The van der Waals surface area contributed by atoms with E-state index in [1.165, 1.54) is 18.2 Å². The third-order valence-corrected chi connectivity index (χ3v) is 6.22. The molecule has 1 fully saturated rings. The number of hydrogen-bond acceptors (Lipinski definition) is 5. The molecule has 1 saturated heterocycles. The number of nitrogens with one attached hydrogen (secondary N) is 2. The minimum atomic E-state index is -4.46. The molecule has 2 amide bonds. The van der Waals surface area contributed by atoms with E-state index in [1.807, 2.05) is 12.1 Å². The summed E-state index contributed by atoms with van der Waals surface area (Å²) in [5.74, 6) is 0.265. The number of carbonyl (C=O) groups excluding carboxylic acids is 1. The Bertz CT molecular complexity index is 1170. The van der Waals surface area contributed by atoms with Gasteiger partial charge >= 0.3 is 12.2 Å². The number of piperidine rings is 1. The summed E-state index contributed by atoms with van der Waals surface area (Å²) >= 11 is 0. The molecule has 4 rings (SSSR count). The van der Waals surface area contributed by atoms with Crippen LogP contribution in [-0.4, -0.2) is 63.5 Å². The number of halogens is 4. The molecule has 2 aromatic carbocycles. The van der Waals surface area contributed by atoms with Crippen molar-refractivity contribution in [2.24, 2.45) is 5.92 Å². The lowest BCUT2D eigenvalue weighted by Crippen LogP contribution is -2.38. The van der Waals surface area contributed by atoms with Crippen molar-refractivity contribution >= 4 is 11.7 Å². The first-order chi connectivity index (χ1) is 17.7. The molecule has 0 radical (unpaired) electrons. The summed E-state index contributed by atoms with van der Waals surface area (Å²) in [5, 5.41) is 15.9. The first kappa shape index (κ1) is 26.5. The molecule has 2 N–H and O–H groups in total. The van der Waals surface area contributed by atoms with E-state index in [0.29, 0.717) is 28.4 Å². The normalized spacial score (nSPS) is 16.5. The van der Waals surface area contributed by atoms with Crippen LogP contribution in [0.15, 0.2) is 48.5 Å². The topological polar surface area (TPSA) is 88.0 Å². The van der Waals surface area contributed by atoms with Crippen LogP contribution in [0.1, 0.15) is 24.8 Å². The van der Waals surface area contributed by atoms with E-state index in [2.05, 4.69) is 31.1 Å². The van der Waals surface area contributed by atoms with Crippen LogP contribution in [0.5, 0.6) is 0 Å². The number of aromatic nitrogens is 4. The third kappa shape index (κ3) is 8.24. The molecule has 1 aliphatic heterocycles. The maximum absolute atomic E-state index is 13.1. The van der Waals surface area contributed by atoms with Crippen LogP contribution >= 0.6 is 0 Å². The Balaban J connectivity index is 1.20. The predicted octanol–water partition coefficient (Wildman–Crippen LogP) is 4.51. The van der Waals surface area contributed by atoms with Gasteiger partial charge < -0.3 is 15.5 Å². The minimum Gasteiger partial charge on any atom is -0.338 e. The Hall–Kier alpha value is -3.54. The molecular weight excluding hydrogens is 490 g/mol. The van der Waals surface area contributed by atoms with Crippen LogP contribution in [0.4, 0.5) is 28.0 Å². The Morgan fingerprint density at radius 1 is 1.14 bits per heavy atom. The van der Waals surface area contributed by atoms with Gasteiger partial charge in [-0.15, -0.1) is 5.10 Å². The van der Waals surface area contributed by atoms with Crippen molar-refractivity contribution in [1.82, 2.24) is 30.4 Å². The molecule has 1 atom stereocenters. The van der Waals surface area contributed by atoms with Crippen LogP contribution in [0.2, 0.25) is 0 Å². The van der Waals surface area contributed by atoms with Crippen LogP contribution in [0, 0.1) is 11.7 Å². The fraction of sp³-hybridized carbons (Fsp3) is 0.440. The third-order valence-electron chi connectivity index (χ3n) is 6.22. The molecule has 3 aromatic rings. The van der Waals surface area contributed by atoms with Gasteiger partial charge in [0.25, 0.3) is 0 Å². The Morgan fingerprint density at radius 2 is 1.95 bits per heavy atom. The largest absolute Gasteiger partial charge is 0.408 e. The summed E-state index contributed by atoms with van der Waals surface area (Å²) in [6.07, 6.45) is -0.488. The maximum atomic E-state index is 13.1. The van der Waals surface area contributed by atoms with Gasteiger partial charge in [-0.2, -0.15) is 13.2 Å². The van der Waals surface area contributed by atoms with Gasteiger partial charge in [0.2, 0.25) is 0 Å². The van der Waals surface area contributed by atoms with Crippen molar-refractivity contribution in [3.05, 3.63) is 59.9 Å². The number of amides is 2. The summed E-state index contributed by atoms with van der Waals surface area (Å²) < 4.78 is 52.1. The molecule has 0 aliphatic carbocycles. The van der Waals surface area contributed by atoms with E-state index in [4.69, 9.17) is 0 Å². The quantitative estimate of drug-likeness (QED) is 0.321. The number of rotatable bonds is 9. The summed E-state index contributed by atoms with van der Waals surface area (Å²) in [5.41, 5.74) is 1.91. The Kier molecular flexibility index (Phi) is 8.70. The first-order valence-corrected chi connectivity index (χ1v) is 12.2. The molecule has 0 bridgehead atoms. The second-order valence-electron chi connectivity index (χ2n) is 9.23. The zero-order valence-corrected chi connectivity index (χ0v) is 20.2. The SMILES string of the molecule is O=C(NCCCN1CCCC(Cc2ccc(F)cc2)C1)Nc1cccc(-c2nnnn2CC(F)(F)F)c1. The molecule has 1 aromatic heterocycles. The van der Waals surface area contributed by atoms with Gasteiger partial charge in [0, 0.05) is 24.3 Å². The zero-order chi connectivity index (χ0) is 26.3. The smallest absolute Gasteiger partial charge is 0.338 e. The molecule has 2 heterocycles. The number of hydrogen-bond donors (Lipinski definition) is 2. The monoisotopic (exact) mass is 519 g/mol. The van der Waals surface area contributed by atoms with E-state index in [9.17, 15) is 22.4 Å². The van der Waals surface area contributed by atoms with Crippen molar-refractivity contribution in [3.8, 4) is 11.4 Å². The molecule has 198 valence electrons. The zero-order valence-electron chi connectivity index (χ0n) is 20.2. The lowest BCUT2D eigenvalue weighted by atomic mass is 9.91. The van der Waals surface area contributed by atoms with Gasteiger partial charge in [0.15, 0.2) is 5.82 Å². The lowest BCUT2D eigenvalue weighted by molar-refractivity contribution is -0.142. The average molecular weight is 520 g/mol. The summed E-state index contributed by atoms with van der Waals surface area (Å²) in [4.78, 5) is 14.7. The van der Waals surface area contributed by atoms with E-state index in [-0.39, 0.29) is 11.6 Å². The van der Waals surface area contributed by atoms with E-state index < -0.39 is 18.8 Å². The maximum Gasteiger partial charge on any atom is 0.408 e. The van der Waals surface area contributed by atoms with Crippen molar-refractivity contribution in [2.75, 3.05) is 31.5 Å². The highest BCUT2D eigenvalue weighted by atomic mass is 19.4. The number of benzene rings is 2. The Morgan fingerprint density at radius 3 is 2.73 bits per heavy atom. The van der Waals surface area contributed by atoms with Gasteiger partial charge in [0.1, 0.15) is 12.4 Å². The fourth-order valence-corrected chi connectivity index (χ4v) is 4.58. The average Bonchev–Trinajstić information content (AvgIpc) is 3.30. The highest BCUT2D eigenvalue weighted by Gasteiger charge is 2.30. The summed E-state index contributed by atoms with van der Waals surface area (Å²) in [6, 6.07) is 12.6. The first-order valence-electron chi connectivity index (χ1n) is 12.2. The number of urea groups is 1. The van der Waals surface area contributed by atoms with Crippen LogP contribution in [0.25, 0.3) is 11.4 Å². The van der Waals surface area contributed by atoms with Crippen molar-refractivity contribution < 1.29 is 22.4 Å². The van der Waals surface area contributed by atoms with Gasteiger partial charge in [-0.05, 0) is 84.9 Å². The minimum absolute atomic E-state index is 0.0411. The molecule has 1 unspecified atom stereocenters. The van der Waals surface area contributed by atoms with E-state index in [0.717, 1.165) is 50.9 Å². The molecule has 0 saturated carbocycles.